The maximum absolute atomic E-state index is 12.6. The van der Waals surface area contributed by atoms with Crippen molar-refractivity contribution in [3.05, 3.63) is 42.1 Å². The summed E-state index contributed by atoms with van der Waals surface area (Å²) in [4.78, 5) is 26.0. The van der Waals surface area contributed by atoms with Gasteiger partial charge in [0.1, 0.15) is 11.2 Å². The molecule has 1 atom stereocenters. The van der Waals surface area contributed by atoms with Crippen LogP contribution in [0, 0.1) is 5.92 Å². The van der Waals surface area contributed by atoms with Crippen molar-refractivity contribution in [2.24, 2.45) is 5.92 Å². The Morgan fingerprint density at radius 2 is 2.04 bits per heavy atom. The van der Waals surface area contributed by atoms with Crippen LogP contribution in [0.2, 0.25) is 0 Å². The monoisotopic (exact) mass is 311 g/mol. The molecule has 1 saturated heterocycles. The normalized spacial score (nSPS) is 24.1. The Hall–Kier alpha value is -2.63. The Balaban J connectivity index is 1.54. The van der Waals surface area contributed by atoms with Crippen LogP contribution in [0.25, 0.3) is 11.3 Å². The van der Waals surface area contributed by atoms with Gasteiger partial charge in [-0.25, -0.2) is 4.79 Å². The molecule has 6 heteroatoms. The highest BCUT2D eigenvalue weighted by Crippen LogP contribution is 2.42. The lowest BCUT2D eigenvalue weighted by Gasteiger charge is -2.20. The quantitative estimate of drug-likeness (QED) is 0.881. The summed E-state index contributed by atoms with van der Waals surface area (Å²) in [6.45, 7) is 1.94. The molecule has 118 valence electrons. The Morgan fingerprint density at radius 1 is 1.30 bits per heavy atom. The summed E-state index contributed by atoms with van der Waals surface area (Å²) < 4.78 is 5.32. The molecule has 1 aromatic heterocycles. The molecule has 1 saturated carbocycles. The summed E-state index contributed by atoms with van der Waals surface area (Å²) in [5.74, 6) is 0.702. The largest absolute Gasteiger partial charge is 0.356 e. The van der Waals surface area contributed by atoms with Gasteiger partial charge in [-0.1, -0.05) is 35.5 Å². The fourth-order valence-electron chi connectivity index (χ4n) is 3.08. The molecule has 0 spiro atoms. The second kappa shape index (κ2) is 4.94. The predicted molar refractivity (Wildman–Crippen MR) is 82.1 cm³/mol. The molecule has 23 heavy (non-hydrogen) atoms. The molecule has 0 bridgehead atoms. The Labute approximate surface area is 133 Å². The number of carbonyl (C=O) groups excluding carboxylic acids is 2. The zero-order valence-corrected chi connectivity index (χ0v) is 12.8. The summed E-state index contributed by atoms with van der Waals surface area (Å²) in [6.07, 6.45) is 1.97. The van der Waals surface area contributed by atoms with Crippen molar-refractivity contribution in [3.63, 3.8) is 0 Å². The van der Waals surface area contributed by atoms with Crippen LogP contribution >= 0.6 is 0 Å². The van der Waals surface area contributed by atoms with Gasteiger partial charge in [-0.3, -0.25) is 9.69 Å². The van der Waals surface area contributed by atoms with Crippen molar-refractivity contribution in [1.29, 1.82) is 0 Å². The number of nitrogens with zero attached hydrogens (tertiary/aromatic N) is 2. The number of aromatic nitrogens is 1. The molecule has 2 aromatic rings. The van der Waals surface area contributed by atoms with Crippen molar-refractivity contribution < 1.29 is 14.1 Å². The lowest BCUT2D eigenvalue weighted by Crippen LogP contribution is -2.46. The topological polar surface area (TPSA) is 75.4 Å². The third kappa shape index (κ3) is 2.30. The van der Waals surface area contributed by atoms with Crippen LogP contribution in [0.3, 0.4) is 0 Å². The summed E-state index contributed by atoms with van der Waals surface area (Å²) >= 11 is 0. The molecular weight excluding hydrogens is 294 g/mol. The van der Waals surface area contributed by atoms with E-state index < -0.39 is 5.54 Å². The number of urea groups is 1. The Bertz CT molecular complexity index is 766. The number of imide groups is 1. The first-order valence-corrected chi connectivity index (χ1v) is 7.73. The summed E-state index contributed by atoms with van der Waals surface area (Å²) in [6, 6.07) is 11.0. The maximum Gasteiger partial charge on any atom is 0.325 e. The predicted octanol–water partition coefficient (Wildman–Crippen LogP) is 2.56. The molecule has 1 N–H and O–H groups in total. The lowest BCUT2D eigenvalue weighted by atomic mass is 9.96. The maximum atomic E-state index is 12.6. The average Bonchev–Trinajstić information content (AvgIpc) is 3.28. The van der Waals surface area contributed by atoms with E-state index in [4.69, 9.17) is 4.52 Å². The second-order valence-electron chi connectivity index (χ2n) is 6.35. The number of nitrogens with one attached hydrogen (secondary N) is 1. The zero-order chi connectivity index (χ0) is 16.0. The van der Waals surface area contributed by atoms with E-state index in [1.165, 1.54) is 4.90 Å². The second-order valence-corrected chi connectivity index (χ2v) is 6.35. The third-order valence-electron chi connectivity index (χ3n) is 4.63. The van der Waals surface area contributed by atoms with E-state index >= 15 is 0 Å². The molecule has 6 nitrogen and oxygen atoms in total. The number of hydrogen-bond donors (Lipinski definition) is 1. The van der Waals surface area contributed by atoms with Gasteiger partial charge >= 0.3 is 6.03 Å². The Kier molecular flexibility index (Phi) is 3.01. The fraction of sp³-hybridized carbons (Fsp3) is 0.353. The van der Waals surface area contributed by atoms with Gasteiger partial charge in [0.05, 0.1) is 6.54 Å². The molecule has 3 amide bonds. The average molecular weight is 311 g/mol. The number of benzene rings is 1. The van der Waals surface area contributed by atoms with Crippen molar-refractivity contribution in [3.8, 4) is 11.3 Å². The summed E-state index contributed by atoms with van der Waals surface area (Å²) in [7, 11) is 0. The van der Waals surface area contributed by atoms with Crippen molar-refractivity contribution >= 4 is 11.9 Å². The molecule has 2 heterocycles. The molecule has 4 rings (SSSR count). The van der Waals surface area contributed by atoms with Crippen LogP contribution in [0.5, 0.6) is 0 Å². The van der Waals surface area contributed by atoms with Gasteiger partial charge in [0.15, 0.2) is 5.76 Å². The van der Waals surface area contributed by atoms with Crippen LogP contribution in [-0.2, 0) is 11.3 Å². The van der Waals surface area contributed by atoms with Gasteiger partial charge in [-0.15, -0.1) is 0 Å². The van der Waals surface area contributed by atoms with E-state index in [1.54, 1.807) is 6.07 Å². The number of amides is 3. The first-order valence-electron chi connectivity index (χ1n) is 7.73. The first kappa shape index (κ1) is 14.0. The molecule has 0 radical (unpaired) electrons. The van der Waals surface area contributed by atoms with Crippen molar-refractivity contribution in [2.75, 3.05) is 0 Å². The molecule has 1 aliphatic carbocycles. The molecule has 1 unspecified atom stereocenters. The zero-order valence-electron chi connectivity index (χ0n) is 12.8. The molecular formula is C17H17N3O3. The highest BCUT2D eigenvalue weighted by molar-refractivity contribution is 6.07. The fourth-order valence-corrected chi connectivity index (χ4v) is 3.08. The van der Waals surface area contributed by atoms with Crippen LogP contribution in [0.15, 0.2) is 40.9 Å². The van der Waals surface area contributed by atoms with E-state index in [-0.39, 0.29) is 24.4 Å². The van der Waals surface area contributed by atoms with Gasteiger partial charge in [0, 0.05) is 11.6 Å². The van der Waals surface area contributed by atoms with Crippen LogP contribution in [0.1, 0.15) is 25.5 Å². The van der Waals surface area contributed by atoms with E-state index in [9.17, 15) is 9.59 Å². The van der Waals surface area contributed by atoms with E-state index in [1.807, 2.05) is 37.3 Å². The van der Waals surface area contributed by atoms with Crippen LogP contribution in [0.4, 0.5) is 4.79 Å². The molecule has 2 fully saturated rings. The molecule has 2 aliphatic rings. The number of carbonyl (C=O) groups is 2. The van der Waals surface area contributed by atoms with Gasteiger partial charge in [-0.2, -0.15) is 0 Å². The van der Waals surface area contributed by atoms with E-state index in [0.29, 0.717) is 11.5 Å². The SMILES string of the molecule is CC1(C2CC2)NC(=O)N(Cc2cc(-c3ccccc3)on2)C1=O. The number of rotatable bonds is 4. The minimum absolute atomic E-state index is 0.128. The standard InChI is InChI=1S/C17H17N3O3/c1-17(12-7-8-12)15(21)20(16(22)18-17)10-13-9-14(23-19-13)11-5-3-2-4-6-11/h2-6,9,12H,7-8,10H2,1H3,(H,18,22). The van der Waals surface area contributed by atoms with Crippen LogP contribution in [-0.4, -0.2) is 27.5 Å². The summed E-state index contributed by atoms with van der Waals surface area (Å²) in [5.41, 5.74) is 0.710. The highest BCUT2D eigenvalue weighted by Gasteiger charge is 2.56. The first-order chi connectivity index (χ1) is 11.1. The lowest BCUT2D eigenvalue weighted by molar-refractivity contribution is -0.131. The van der Waals surface area contributed by atoms with Crippen LogP contribution < -0.4 is 5.32 Å². The van der Waals surface area contributed by atoms with Crippen molar-refractivity contribution in [2.45, 2.75) is 31.8 Å². The Morgan fingerprint density at radius 3 is 2.74 bits per heavy atom. The van der Waals surface area contributed by atoms with Gasteiger partial charge in [-0.05, 0) is 25.7 Å². The van der Waals surface area contributed by atoms with Gasteiger partial charge in [0.25, 0.3) is 5.91 Å². The third-order valence-corrected chi connectivity index (χ3v) is 4.63. The van der Waals surface area contributed by atoms with E-state index in [2.05, 4.69) is 10.5 Å². The van der Waals surface area contributed by atoms with Gasteiger partial charge in [0.2, 0.25) is 0 Å². The summed E-state index contributed by atoms with van der Waals surface area (Å²) in [5, 5.41) is 6.81. The minimum atomic E-state index is -0.761. The molecule has 1 aliphatic heterocycles. The van der Waals surface area contributed by atoms with Crippen molar-refractivity contribution in [1.82, 2.24) is 15.4 Å². The smallest absolute Gasteiger partial charge is 0.325 e. The highest BCUT2D eigenvalue weighted by atomic mass is 16.5. The molecule has 1 aromatic carbocycles. The minimum Gasteiger partial charge on any atom is -0.356 e. The van der Waals surface area contributed by atoms with Gasteiger partial charge < -0.3 is 9.84 Å². The van der Waals surface area contributed by atoms with E-state index in [0.717, 1.165) is 18.4 Å². The number of hydrogen-bond acceptors (Lipinski definition) is 4.